The Balaban J connectivity index is 1.40. The number of amides is 1. The summed E-state index contributed by atoms with van der Waals surface area (Å²) in [5.74, 6) is 0.496. The van der Waals surface area contributed by atoms with Gasteiger partial charge in [0.1, 0.15) is 0 Å². The van der Waals surface area contributed by atoms with Gasteiger partial charge in [-0.05, 0) is 43.9 Å². The SMILES string of the molecule is Cc1cccc2c1ccn2CCC(=O)N1CC[C@@]2(O)CCCC[C@@H]2C1. The molecule has 0 spiro atoms. The number of aromatic nitrogens is 1. The van der Waals surface area contributed by atoms with Crippen molar-refractivity contribution in [2.45, 2.75) is 57.6 Å². The predicted molar refractivity (Wildman–Crippen MR) is 99.4 cm³/mol. The van der Waals surface area contributed by atoms with Gasteiger partial charge in [0, 0.05) is 49.1 Å². The number of likely N-dealkylation sites (tertiary alicyclic amines) is 1. The van der Waals surface area contributed by atoms with Gasteiger partial charge < -0.3 is 14.6 Å². The molecule has 1 saturated carbocycles. The zero-order valence-corrected chi connectivity index (χ0v) is 15.1. The smallest absolute Gasteiger partial charge is 0.224 e. The van der Waals surface area contributed by atoms with Gasteiger partial charge in [0.2, 0.25) is 5.91 Å². The molecule has 0 unspecified atom stereocenters. The van der Waals surface area contributed by atoms with Gasteiger partial charge in [0.15, 0.2) is 0 Å². The van der Waals surface area contributed by atoms with E-state index in [9.17, 15) is 9.90 Å². The quantitative estimate of drug-likeness (QED) is 0.929. The van der Waals surface area contributed by atoms with Gasteiger partial charge in [-0.25, -0.2) is 0 Å². The second kappa shape index (κ2) is 6.49. The van der Waals surface area contributed by atoms with Crippen molar-refractivity contribution in [1.29, 1.82) is 0 Å². The van der Waals surface area contributed by atoms with Crippen molar-refractivity contribution >= 4 is 16.8 Å². The minimum atomic E-state index is -0.511. The Morgan fingerprint density at radius 3 is 3.04 bits per heavy atom. The maximum absolute atomic E-state index is 12.7. The van der Waals surface area contributed by atoms with E-state index in [0.717, 1.165) is 38.8 Å². The molecule has 4 nitrogen and oxygen atoms in total. The third kappa shape index (κ3) is 3.08. The Hall–Kier alpha value is -1.81. The molecule has 2 heterocycles. The van der Waals surface area contributed by atoms with E-state index in [1.165, 1.54) is 22.9 Å². The molecule has 1 aromatic heterocycles. The molecule has 134 valence electrons. The van der Waals surface area contributed by atoms with Crippen LogP contribution in [0.3, 0.4) is 0 Å². The molecule has 0 radical (unpaired) electrons. The second-order valence-corrected chi connectivity index (χ2v) is 7.90. The number of hydrogen-bond donors (Lipinski definition) is 1. The maximum atomic E-state index is 12.7. The molecule has 1 aliphatic carbocycles. The summed E-state index contributed by atoms with van der Waals surface area (Å²) < 4.78 is 2.18. The molecule has 1 aromatic carbocycles. The van der Waals surface area contributed by atoms with Gasteiger partial charge in [-0.1, -0.05) is 25.0 Å². The molecule has 1 aliphatic heterocycles. The molecule has 1 saturated heterocycles. The van der Waals surface area contributed by atoms with Crippen molar-refractivity contribution in [3.8, 4) is 0 Å². The Bertz CT molecular complexity index is 781. The molecule has 25 heavy (non-hydrogen) atoms. The first-order valence-corrected chi connectivity index (χ1v) is 9.61. The first-order valence-electron chi connectivity index (χ1n) is 9.61. The molecular weight excluding hydrogens is 312 g/mol. The summed E-state index contributed by atoms with van der Waals surface area (Å²) in [5, 5.41) is 12.0. The number of hydrogen-bond acceptors (Lipinski definition) is 2. The Morgan fingerprint density at radius 1 is 1.28 bits per heavy atom. The highest BCUT2D eigenvalue weighted by Gasteiger charge is 2.43. The van der Waals surface area contributed by atoms with Crippen LogP contribution in [0, 0.1) is 12.8 Å². The van der Waals surface area contributed by atoms with Crippen LogP contribution >= 0.6 is 0 Å². The highest BCUT2D eigenvalue weighted by Crippen LogP contribution is 2.39. The number of carbonyl (C=O) groups is 1. The highest BCUT2D eigenvalue weighted by molar-refractivity contribution is 5.83. The standard InChI is InChI=1S/C21H28N2O2/c1-16-5-4-7-19-18(16)8-12-22(19)13-9-20(24)23-14-11-21(25)10-3-2-6-17(21)15-23/h4-5,7-8,12,17,25H,2-3,6,9-11,13-15H2,1H3/t17-,21+/m1/s1. The monoisotopic (exact) mass is 340 g/mol. The number of rotatable bonds is 3. The minimum Gasteiger partial charge on any atom is -0.389 e. The zero-order chi connectivity index (χ0) is 17.4. The number of fused-ring (bicyclic) bond motifs is 2. The first kappa shape index (κ1) is 16.6. The topological polar surface area (TPSA) is 45.5 Å². The Morgan fingerprint density at radius 2 is 2.16 bits per heavy atom. The number of benzene rings is 1. The van der Waals surface area contributed by atoms with Gasteiger partial charge in [-0.15, -0.1) is 0 Å². The molecule has 2 fully saturated rings. The molecule has 1 N–H and O–H groups in total. The molecular formula is C21H28N2O2. The van der Waals surface area contributed by atoms with Gasteiger partial charge >= 0.3 is 0 Å². The van der Waals surface area contributed by atoms with Crippen molar-refractivity contribution in [2.24, 2.45) is 5.92 Å². The van der Waals surface area contributed by atoms with Crippen LogP contribution in [0.2, 0.25) is 0 Å². The summed E-state index contributed by atoms with van der Waals surface area (Å²) >= 11 is 0. The van der Waals surface area contributed by atoms with E-state index < -0.39 is 5.60 Å². The van der Waals surface area contributed by atoms with E-state index in [0.29, 0.717) is 13.0 Å². The van der Waals surface area contributed by atoms with Crippen LogP contribution < -0.4 is 0 Å². The van der Waals surface area contributed by atoms with Crippen LogP contribution in [0.1, 0.15) is 44.1 Å². The number of piperidine rings is 1. The zero-order valence-electron chi connectivity index (χ0n) is 15.1. The Labute approximate surface area is 149 Å². The van der Waals surface area contributed by atoms with Crippen LogP contribution in [-0.4, -0.2) is 39.2 Å². The normalized spacial score (nSPS) is 26.6. The lowest BCUT2D eigenvalue weighted by molar-refractivity contribution is -0.143. The fourth-order valence-corrected chi connectivity index (χ4v) is 4.74. The van der Waals surface area contributed by atoms with Crippen LogP contribution in [0.25, 0.3) is 10.9 Å². The average Bonchev–Trinajstić information content (AvgIpc) is 3.03. The number of aryl methyl sites for hydroxylation is 2. The van der Waals surface area contributed by atoms with E-state index in [2.05, 4.69) is 42.0 Å². The van der Waals surface area contributed by atoms with Gasteiger partial charge in [-0.2, -0.15) is 0 Å². The molecule has 1 amide bonds. The third-order valence-electron chi connectivity index (χ3n) is 6.38. The van der Waals surface area contributed by atoms with E-state index in [1.807, 2.05) is 4.90 Å². The fourth-order valence-electron chi connectivity index (χ4n) is 4.74. The molecule has 2 aliphatic rings. The van der Waals surface area contributed by atoms with Gasteiger partial charge in [0.25, 0.3) is 0 Å². The number of carbonyl (C=O) groups excluding carboxylic acids is 1. The van der Waals surface area contributed by atoms with Crippen LogP contribution in [0.4, 0.5) is 0 Å². The highest BCUT2D eigenvalue weighted by atomic mass is 16.3. The van der Waals surface area contributed by atoms with E-state index in [1.54, 1.807) is 0 Å². The van der Waals surface area contributed by atoms with Crippen LogP contribution in [-0.2, 0) is 11.3 Å². The van der Waals surface area contributed by atoms with Crippen molar-refractivity contribution in [1.82, 2.24) is 9.47 Å². The van der Waals surface area contributed by atoms with Crippen molar-refractivity contribution in [2.75, 3.05) is 13.1 Å². The molecule has 4 heteroatoms. The second-order valence-electron chi connectivity index (χ2n) is 7.90. The minimum absolute atomic E-state index is 0.224. The van der Waals surface area contributed by atoms with Crippen molar-refractivity contribution in [3.05, 3.63) is 36.0 Å². The number of nitrogens with zero attached hydrogens (tertiary/aromatic N) is 2. The van der Waals surface area contributed by atoms with Gasteiger partial charge in [-0.3, -0.25) is 4.79 Å². The fraction of sp³-hybridized carbons (Fsp3) is 0.571. The lowest BCUT2D eigenvalue weighted by Crippen LogP contribution is -2.54. The largest absolute Gasteiger partial charge is 0.389 e. The lowest BCUT2D eigenvalue weighted by atomic mass is 9.71. The van der Waals surface area contributed by atoms with E-state index in [4.69, 9.17) is 0 Å². The summed E-state index contributed by atoms with van der Waals surface area (Å²) in [6, 6.07) is 8.45. The molecule has 2 atom stereocenters. The van der Waals surface area contributed by atoms with Crippen molar-refractivity contribution < 1.29 is 9.90 Å². The average molecular weight is 340 g/mol. The summed E-state index contributed by atoms with van der Waals surface area (Å²) in [5.41, 5.74) is 1.96. The summed E-state index contributed by atoms with van der Waals surface area (Å²) in [6.45, 7) is 4.28. The number of aliphatic hydroxyl groups is 1. The van der Waals surface area contributed by atoms with Crippen LogP contribution in [0.5, 0.6) is 0 Å². The summed E-state index contributed by atoms with van der Waals surface area (Å²) in [7, 11) is 0. The molecule has 0 bridgehead atoms. The summed E-state index contributed by atoms with van der Waals surface area (Å²) in [6.07, 6.45) is 7.64. The summed E-state index contributed by atoms with van der Waals surface area (Å²) in [4.78, 5) is 14.7. The van der Waals surface area contributed by atoms with E-state index in [-0.39, 0.29) is 11.8 Å². The van der Waals surface area contributed by atoms with E-state index >= 15 is 0 Å². The Kier molecular flexibility index (Phi) is 4.32. The third-order valence-corrected chi connectivity index (χ3v) is 6.38. The lowest BCUT2D eigenvalue weighted by Gasteiger charge is -2.47. The predicted octanol–water partition coefficient (Wildman–Crippen LogP) is 3.49. The first-order chi connectivity index (χ1) is 12.1. The van der Waals surface area contributed by atoms with Crippen LogP contribution in [0.15, 0.2) is 30.5 Å². The maximum Gasteiger partial charge on any atom is 0.224 e. The van der Waals surface area contributed by atoms with Gasteiger partial charge in [0.05, 0.1) is 5.60 Å². The molecule has 2 aromatic rings. The molecule has 4 rings (SSSR count). The van der Waals surface area contributed by atoms with Crippen molar-refractivity contribution in [3.63, 3.8) is 0 Å².